The molecule has 1 heterocycles. The molecule has 0 saturated carbocycles. The van der Waals surface area contributed by atoms with E-state index in [1.807, 2.05) is 63.2 Å². The largest absolute Gasteiger partial charge is 0.309 e. The van der Waals surface area contributed by atoms with Gasteiger partial charge in [-0.05, 0) is 50.5 Å². The standard InChI is InChI=1S/C21H26N2O3S/c1-15-9-10-19(16(2)13-15)22(27(4,25)26)12-11-21(24)23-17(3)14-18-7-5-6-8-20(18)23/h5-10,13,17H,11-12,14H2,1-4H3. The second-order valence-electron chi connectivity index (χ2n) is 7.32. The Labute approximate surface area is 161 Å². The van der Waals surface area contributed by atoms with Crippen molar-refractivity contribution in [3.63, 3.8) is 0 Å². The van der Waals surface area contributed by atoms with Crippen molar-refractivity contribution in [2.24, 2.45) is 0 Å². The highest BCUT2D eigenvalue weighted by molar-refractivity contribution is 7.92. The van der Waals surface area contributed by atoms with Crippen molar-refractivity contribution in [3.8, 4) is 0 Å². The summed E-state index contributed by atoms with van der Waals surface area (Å²) in [6, 6.07) is 13.6. The summed E-state index contributed by atoms with van der Waals surface area (Å²) in [6.07, 6.45) is 2.15. The molecule has 0 fully saturated rings. The van der Waals surface area contributed by atoms with Gasteiger partial charge in [0.15, 0.2) is 0 Å². The van der Waals surface area contributed by atoms with Crippen molar-refractivity contribution < 1.29 is 13.2 Å². The van der Waals surface area contributed by atoms with E-state index in [4.69, 9.17) is 0 Å². The number of hydrogen-bond acceptors (Lipinski definition) is 3. The predicted molar refractivity (Wildman–Crippen MR) is 110 cm³/mol. The summed E-state index contributed by atoms with van der Waals surface area (Å²) in [5.41, 5.74) is 4.68. The van der Waals surface area contributed by atoms with Gasteiger partial charge in [0, 0.05) is 24.7 Å². The summed E-state index contributed by atoms with van der Waals surface area (Å²) in [7, 11) is -3.48. The van der Waals surface area contributed by atoms with Crippen LogP contribution in [0, 0.1) is 13.8 Å². The summed E-state index contributed by atoms with van der Waals surface area (Å²) < 4.78 is 26.1. The van der Waals surface area contributed by atoms with E-state index < -0.39 is 10.0 Å². The van der Waals surface area contributed by atoms with Gasteiger partial charge in [-0.1, -0.05) is 35.9 Å². The third-order valence-corrected chi connectivity index (χ3v) is 6.21. The molecule has 1 aliphatic heterocycles. The molecule has 1 aliphatic rings. The fourth-order valence-corrected chi connectivity index (χ4v) is 4.80. The Kier molecular flexibility index (Phi) is 5.29. The molecule has 3 rings (SSSR count). The molecule has 2 aromatic carbocycles. The average Bonchev–Trinajstić information content (AvgIpc) is 2.91. The van der Waals surface area contributed by atoms with Crippen LogP contribution in [0.3, 0.4) is 0 Å². The second kappa shape index (κ2) is 7.35. The summed E-state index contributed by atoms with van der Waals surface area (Å²) >= 11 is 0. The van der Waals surface area contributed by atoms with E-state index >= 15 is 0 Å². The van der Waals surface area contributed by atoms with E-state index in [2.05, 4.69) is 0 Å². The molecule has 27 heavy (non-hydrogen) atoms. The Morgan fingerprint density at radius 3 is 2.56 bits per heavy atom. The smallest absolute Gasteiger partial charge is 0.232 e. The summed E-state index contributed by atoms with van der Waals surface area (Å²) in [5, 5.41) is 0. The first-order valence-corrected chi connectivity index (χ1v) is 11.0. The van der Waals surface area contributed by atoms with Crippen LogP contribution in [0.15, 0.2) is 42.5 Å². The van der Waals surface area contributed by atoms with Crippen LogP contribution in [0.1, 0.15) is 30.0 Å². The SMILES string of the molecule is Cc1ccc(N(CCC(=O)N2c3ccccc3CC2C)S(C)(=O)=O)c(C)c1. The van der Waals surface area contributed by atoms with Crippen LogP contribution in [-0.2, 0) is 21.2 Å². The molecule has 1 amide bonds. The van der Waals surface area contributed by atoms with Crippen LogP contribution in [0.25, 0.3) is 0 Å². The first kappa shape index (κ1) is 19.4. The Bertz CT molecular complexity index is 969. The fraction of sp³-hybridized carbons (Fsp3) is 0.381. The molecule has 0 aromatic heterocycles. The number of rotatable bonds is 5. The Hall–Kier alpha value is -2.34. The van der Waals surface area contributed by atoms with Crippen molar-refractivity contribution >= 4 is 27.3 Å². The number of amides is 1. The average molecular weight is 387 g/mol. The predicted octanol–water partition coefficient (Wildman–Crippen LogP) is 3.44. The van der Waals surface area contributed by atoms with Crippen molar-refractivity contribution in [2.75, 3.05) is 22.0 Å². The third kappa shape index (κ3) is 4.00. The lowest BCUT2D eigenvalue weighted by Crippen LogP contribution is -2.39. The number of hydrogen-bond donors (Lipinski definition) is 0. The molecule has 0 spiro atoms. The van der Waals surface area contributed by atoms with Crippen molar-refractivity contribution in [2.45, 2.75) is 39.7 Å². The molecule has 0 radical (unpaired) electrons. The van der Waals surface area contributed by atoms with Gasteiger partial charge >= 0.3 is 0 Å². The number of para-hydroxylation sites is 1. The number of nitrogens with zero attached hydrogens (tertiary/aromatic N) is 2. The highest BCUT2D eigenvalue weighted by Crippen LogP contribution is 2.32. The molecule has 0 N–H and O–H groups in total. The van der Waals surface area contributed by atoms with Crippen LogP contribution in [-0.4, -0.2) is 33.2 Å². The van der Waals surface area contributed by atoms with Gasteiger partial charge in [-0.2, -0.15) is 0 Å². The van der Waals surface area contributed by atoms with Crippen LogP contribution in [0.4, 0.5) is 11.4 Å². The van der Waals surface area contributed by atoms with Gasteiger partial charge in [0.1, 0.15) is 0 Å². The fourth-order valence-electron chi connectivity index (χ4n) is 3.81. The van der Waals surface area contributed by atoms with Gasteiger partial charge in [-0.3, -0.25) is 9.10 Å². The molecular formula is C21H26N2O3S. The monoisotopic (exact) mass is 386 g/mol. The molecule has 0 saturated heterocycles. The molecule has 1 atom stereocenters. The normalized spacial score (nSPS) is 16.3. The second-order valence-corrected chi connectivity index (χ2v) is 9.23. The molecule has 0 bridgehead atoms. The zero-order valence-corrected chi connectivity index (χ0v) is 17.1. The van der Waals surface area contributed by atoms with E-state index in [1.54, 1.807) is 4.90 Å². The lowest BCUT2D eigenvalue weighted by Gasteiger charge is -2.27. The molecule has 1 unspecified atom stereocenters. The number of benzene rings is 2. The van der Waals surface area contributed by atoms with Crippen molar-refractivity contribution in [1.29, 1.82) is 0 Å². The number of carbonyl (C=O) groups excluding carboxylic acids is 1. The first-order chi connectivity index (χ1) is 12.7. The van der Waals surface area contributed by atoms with E-state index in [-0.39, 0.29) is 24.9 Å². The molecule has 5 nitrogen and oxygen atoms in total. The number of aryl methyl sites for hydroxylation is 2. The number of sulfonamides is 1. The Balaban J connectivity index is 1.81. The van der Waals surface area contributed by atoms with E-state index in [1.165, 1.54) is 10.6 Å². The molecule has 0 aliphatic carbocycles. The number of carbonyl (C=O) groups is 1. The third-order valence-electron chi connectivity index (χ3n) is 5.03. The highest BCUT2D eigenvalue weighted by atomic mass is 32.2. The summed E-state index contributed by atoms with van der Waals surface area (Å²) in [4.78, 5) is 14.7. The Morgan fingerprint density at radius 1 is 1.19 bits per heavy atom. The zero-order chi connectivity index (χ0) is 19.8. The molecular weight excluding hydrogens is 360 g/mol. The van der Waals surface area contributed by atoms with Crippen LogP contribution in [0.2, 0.25) is 0 Å². The van der Waals surface area contributed by atoms with Gasteiger partial charge < -0.3 is 4.90 Å². The zero-order valence-electron chi connectivity index (χ0n) is 16.3. The minimum atomic E-state index is -3.48. The van der Waals surface area contributed by atoms with Gasteiger partial charge in [0.05, 0.1) is 11.9 Å². The summed E-state index contributed by atoms with van der Waals surface area (Å²) in [5.74, 6) is -0.0501. The minimum Gasteiger partial charge on any atom is -0.309 e. The first-order valence-electron chi connectivity index (χ1n) is 9.13. The van der Waals surface area contributed by atoms with Crippen molar-refractivity contribution in [1.82, 2.24) is 0 Å². The lowest BCUT2D eigenvalue weighted by atomic mass is 10.1. The van der Waals surface area contributed by atoms with E-state index in [0.29, 0.717) is 5.69 Å². The van der Waals surface area contributed by atoms with Gasteiger partial charge in [0.2, 0.25) is 15.9 Å². The number of anilines is 2. The van der Waals surface area contributed by atoms with Gasteiger partial charge in [-0.15, -0.1) is 0 Å². The maximum absolute atomic E-state index is 12.9. The maximum Gasteiger partial charge on any atom is 0.232 e. The minimum absolute atomic E-state index is 0.0501. The Morgan fingerprint density at radius 2 is 1.89 bits per heavy atom. The quantitative estimate of drug-likeness (QED) is 0.791. The van der Waals surface area contributed by atoms with Gasteiger partial charge in [0.25, 0.3) is 0 Å². The van der Waals surface area contributed by atoms with Crippen molar-refractivity contribution in [3.05, 3.63) is 59.2 Å². The van der Waals surface area contributed by atoms with Gasteiger partial charge in [-0.25, -0.2) is 8.42 Å². The van der Waals surface area contributed by atoms with E-state index in [0.717, 1.165) is 28.8 Å². The lowest BCUT2D eigenvalue weighted by molar-refractivity contribution is -0.118. The summed E-state index contributed by atoms with van der Waals surface area (Å²) in [6.45, 7) is 6.02. The highest BCUT2D eigenvalue weighted by Gasteiger charge is 2.31. The number of fused-ring (bicyclic) bond motifs is 1. The van der Waals surface area contributed by atoms with Crippen LogP contribution in [0.5, 0.6) is 0 Å². The van der Waals surface area contributed by atoms with Crippen LogP contribution >= 0.6 is 0 Å². The maximum atomic E-state index is 12.9. The van der Waals surface area contributed by atoms with Crippen LogP contribution < -0.4 is 9.21 Å². The van der Waals surface area contributed by atoms with E-state index in [9.17, 15) is 13.2 Å². The topological polar surface area (TPSA) is 57.7 Å². The molecule has 2 aromatic rings. The molecule has 6 heteroatoms. The molecule has 144 valence electrons.